The number of nitrogens with two attached hydrogens (primary N) is 1. The molecule has 0 aliphatic rings. The highest BCUT2D eigenvalue weighted by Gasteiger charge is 2.32. The van der Waals surface area contributed by atoms with Crippen molar-refractivity contribution in [2.75, 3.05) is 5.43 Å². The van der Waals surface area contributed by atoms with Crippen molar-refractivity contribution in [2.45, 2.75) is 6.18 Å². The van der Waals surface area contributed by atoms with Crippen molar-refractivity contribution in [3.8, 4) is 17.7 Å². The summed E-state index contributed by atoms with van der Waals surface area (Å²) in [6, 6.07) is 4.87. The van der Waals surface area contributed by atoms with Gasteiger partial charge in [-0.2, -0.15) is 23.5 Å². The average Bonchev–Trinajstić information content (AvgIpc) is 2.58. The van der Waals surface area contributed by atoms with E-state index in [0.717, 1.165) is 0 Å². The summed E-state index contributed by atoms with van der Waals surface area (Å²) in [6.07, 6.45) is -4.06. The Morgan fingerprint density at radius 1 is 1.21 bits per heavy atom. The van der Waals surface area contributed by atoms with Gasteiger partial charge in [0.15, 0.2) is 11.6 Å². The molecule has 7 nitrogen and oxygen atoms in total. The number of benzene rings is 1. The number of aromatic nitrogens is 1. The maximum absolute atomic E-state index is 12.7. The summed E-state index contributed by atoms with van der Waals surface area (Å²) in [5.41, 5.74) is 6.41. The zero-order valence-corrected chi connectivity index (χ0v) is 15.7. The Hall–Kier alpha value is -2.74. The van der Waals surface area contributed by atoms with Gasteiger partial charge in [0.2, 0.25) is 11.6 Å². The van der Waals surface area contributed by atoms with Crippen molar-refractivity contribution in [3.63, 3.8) is 0 Å². The molecular formula is C15H8Cl3F3N6O. The lowest BCUT2D eigenvalue weighted by molar-refractivity contribution is -0.137. The van der Waals surface area contributed by atoms with E-state index in [0.29, 0.717) is 12.3 Å². The normalized spacial score (nSPS) is 11.7. The number of amidine groups is 1. The van der Waals surface area contributed by atoms with Crippen LogP contribution in [0, 0.1) is 16.7 Å². The quantitative estimate of drug-likeness (QED) is 0.332. The Morgan fingerprint density at radius 2 is 1.82 bits per heavy atom. The molecule has 1 aromatic carbocycles. The van der Waals surface area contributed by atoms with Crippen LogP contribution in [0.2, 0.25) is 15.1 Å². The first-order chi connectivity index (χ1) is 13.0. The van der Waals surface area contributed by atoms with Crippen molar-refractivity contribution in [2.24, 2.45) is 10.8 Å². The van der Waals surface area contributed by atoms with Crippen molar-refractivity contribution in [1.29, 1.82) is 10.7 Å². The minimum atomic E-state index is -4.61. The molecule has 1 heterocycles. The number of hydrogen-bond donors (Lipinski definition) is 3. The Labute approximate surface area is 171 Å². The Balaban J connectivity index is 2.29. The molecule has 0 bridgehead atoms. The number of nitriles is 1. The van der Waals surface area contributed by atoms with Crippen molar-refractivity contribution in [3.05, 3.63) is 45.0 Å². The molecule has 0 saturated heterocycles. The third kappa shape index (κ3) is 5.16. The molecule has 0 aliphatic heterocycles. The fourth-order valence-electron chi connectivity index (χ4n) is 1.74. The molecule has 0 saturated carbocycles. The highest BCUT2D eigenvalue weighted by Crippen LogP contribution is 2.41. The monoisotopic (exact) mass is 450 g/mol. The molecule has 146 valence electrons. The number of alkyl halides is 3. The van der Waals surface area contributed by atoms with Gasteiger partial charge in [0, 0.05) is 6.20 Å². The van der Waals surface area contributed by atoms with Crippen molar-refractivity contribution >= 4 is 52.0 Å². The van der Waals surface area contributed by atoms with Crippen LogP contribution in [-0.4, -0.2) is 16.5 Å². The first-order valence-corrected chi connectivity index (χ1v) is 8.14. The lowest BCUT2D eigenvalue weighted by Crippen LogP contribution is -2.21. The number of nitrogens with zero attached hydrogens (tertiary/aromatic N) is 3. The summed E-state index contributed by atoms with van der Waals surface area (Å²) in [4.78, 5) is 3.53. The minimum absolute atomic E-state index is 0.0516. The highest BCUT2D eigenvalue weighted by atomic mass is 35.5. The van der Waals surface area contributed by atoms with E-state index in [1.165, 1.54) is 12.1 Å². The molecule has 2 rings (SSSR count). The second-order valence-electron chi connectivity index (χ2n) is 4.98. The number of nitrogens with one attached hydrogen (secondary N) is 2. The molecule has 0 aliphatic carbocycles. The summed E-state index contributed by atoms with van der Waals surface area (Å²) in [6.45, 7) is 0. The predicted octanol–water partition coefficient (Wildman–Crippen LogP) is 5.08. The molecule has 13 heteroatoms. The van der Waals surface area contributed by atoms with Gasteiger partial charge in [0.25, 0.3) is 0 Å². The van der Waals surface area contributed by atoms with Gasteiger partial charge in [-0.05, 0) is 18.2 Å². The lowest BCUT2D eigenvalue weighted by atomic mass is 10.3. The average molecular weight is 452 g/mol. The van der Waals surface area contributed by atoms with E-state index in [-0.39, 0.29) is 33.1 Å². The van der Waals surface area contributed by atoms with Crippen LogP contribution in [0.1, 0.15) is 5.56 Å². The fourth-order valence-corrected chi connectivity index (χ4v) is 2.51. The lowest BCUT2D eigenvalue weighted by Gasteiger charge is -2.13. The van der Waals surface area contributed by atoms with Gasteiger partial charge in [0.05, 0.1) is 21.3 Å². The van der Waals surface area contributed by atoms with E-state index in [1.807, 2.05) is 0 Å². The van der Waals surface area contributed by atoms with Crippen LogP contribution in [0.15, 0.2) is 29.5 Å². The zero-order valence-electron chi connectivity index (χ0n) is 13.4. The first-order valence-electron chi connectivity index (χ1n) is 7.00. The van der Waals surface area contributed by atoms with E-state index >= 15 is 0 Å². The Bertz CT molecular complexity index is 980. The number of rotatable bonds is 5. The van der Waals surface area contributed by atoms with Gasteiger partial charge in [-0.3, -0.25) is 10.8 Å². The van der Waals surface area contributed by atoms with Gasteiger partial charge in [-0.25, -0.2) is 4.98 Å². The number of hydrazone groups is 1. The van der Waals surface area contributed by atoms with Crippen LogP contribution in [0.25, 0.3) is 0 Å². The minimum Gasteiger partial charge on any atom is -0.434 e. The number of hydrogen-bond acceptors (Lipinski definition) is 6. The second-order valence-corrected chi connectivity index (χ2v) is 6.20. The molecule has 1 aromatic heterocycles. The van der Waals surface area contributed by atoms with Gasteiger partial charge in [-0.1, -0.05) is 34.8 Å². The molecule has 2 aromatic rings. The third-order valence-corrected chi connectivity index (χ3v) is 3.82. The second kappa shape index (κ2) is 8.52. The summed E-state index contributed by atoms with van der Waals surface area (Å²) in [5, 5.41) is 19.1. The largest absolute Gasteiger partial charge is 0.434 e. The van der Waals surface area contributed by atoms with Crippen LogP contribution in [0.5, 0.6) is 11.6 Å². The molecular weight excluding hydrogens is 444 g/mol. The highest BCUT2D eigenvalue weighted by molar-refractivity contribution is 6.46. The van der Waals surface area contributed by atoms with Gasteiger partial charge in [-0.15, -0.1) is 0 Å². The number of halogens is 6. The Morgan fingerprint density at radius 3 is 2.29 bits per heavy atom. The van der Waals surface area contributed by atoms with E-state index in [4.69, 9.17) is 55.9 Å². The summed E-state index contributed by atoms with van der Waals surface area (Å²) < 4.78 is 43.3. The standard InChI is InChI=1S/C15H8Cl3F3N6O/c16-8-2-7(26-27-11(4-22)13(23)24)3-9(17)12(8)28-14-10(18)1-6(5-25-14)15(19,20)21/h1-3,5,26H,(H3,23,24)/b27-11+. The van der Waals surface area contributed by atoms with Crippen LogP contribution < -0.4 is 15.9 Å². The molecule has 0 radical (unpaired) electrons. The Kier molecular flexibility index (Phi) is 6.56. The van der Waals surface area contributed by atoms with Gasteiger partial charge < -0.3 is 10.5 Å². The van der Waals surface area contributed by atoms with Gasteiger partial charge in [0.1, 0.15) is 11.1 Å². The molecule has 4 N–H and O–H groups in total. The number of ether oxygens (including phenoxy) is 1. The summed E-state index contributed by atoms with van der Waals surface area (Å²) in [5.74, 6) is -0.991. The van der Waals surface area contributed by atoms with Crippen LogP contribution in [-0.2, 0) is 6.18 Å². The first kappa shape index (κ1) is 21.6. The van der Waals surface area contributed by atoms with E-state index in [9.17, 15) is 13.2 Å². The SMILES string of the molecule is N#C/C(=N\Nc1cc(Cl)c(Oc2ncc(C(F)(F)F)cc2Cl)c(Cl)c1)C(=N)N. The topological polar surface area (TPSA) is 120 Å². The maximum Gasteiger partial charge on any atom is 0.417 e. The molecule has 0 amide bonds. The molecule has 0 unspecified atom stereocenters. The van der Waals surface area contributed by atoms with Crippen molar-refractivity contribution < 1.29 is 17.9 Å². The van der Waals surface area contributed by atoms with E-state index in [2.05, 4.69) is 15.5 Å². The fraction of sp³-hybridized carbons (Fsp3) is 0.0667. The molecule has 0 spiro atoms. The third-order valence-electron chi connectivity index (χ3n) is 2.99. The number of pyridine rings is 1. The van der Waals surface area contributed by atoms with Gasteiger partial charge >= 0.3 is 6.18 Å². The van der Waals surface area contributed by atoms with Crippen molar-refractivity contribution in [1.82, 2.24) is 4.98 Å². The van der Waals surface area contributed by atoms with Crippen LogP contribution >= 0.6 is 34.8 Å². The molecule has 28 heavy (non-hydrogen) atoms. The van der Waals surface area contributed by atoms with E-state index < -0.39 is 22.6 Å². The molecule has 0 fully saturated rings. The van der Waals surface area contributed by atoms with Crippen LogP contribution in [0.3, 0.4) is 0 Å². The predicted molar refractivity (Wildman–Crippen MR) is 99.4 cm³/mol. The summed E-state index contributed by atoms with van der Waals surface area (Å²) >= 11 is 17.9. The maximum atomic E-state index is 12.7. The molecule has 0 atom stereocenters. The smallest absolute Gasteiger partial charge is 0.417 e. The summed E-state index contributed by atoms with van der Waals surface area (Å²) in [7, 11) is 0. The van der Waals surface area contributed by atoms with E-state index in [1.54, 1.807) is 6.07 Å². The zero-order chi connectivity index (χ0) is 21.1. The number of anilines is 1. The van der Waals surface area contributed by atoms with Crippen LogP contribution in [0.4, 0.5) is 18.9 Å².